The molecule has 2 amide bonds. The number of halogens is 1. The van der Waals surface area contributed by atoms with Gasteiger partial charge in [0.25, 0.3) is 0 Å². The number of carbonyl (C=O) groups excluding carboxylic acids is 1. The number of H-pyrrole nitrogens is 1. The minimum absolute atomic E-state index is 0.181. The Balaban J connectivity index is 1.20. The number of fused-ring (bicyclic) bond motifs is 1. The molecular weight excluding hydrogens is 532 g/mol. The Morgan fingerprint density at radius 1 is 1.05 bits per heavy atom. The van der Waals surface area contributed by atoms with E-state index in [0.29, 0.717) is 12.2 Å². The highest BCUT2D eigenvalue weighted by Crippen LogP contribution is 2.34. The molecule has 2 aromatic heterocycles. The number of carbonyl (C=O) groups is 1. The highest BCUT2D eigenvalue weighted by molar-refractivity contribution is 9.10. The van der Waals surface area contributed by atoms with Gasteiger partial charge in [0, 0.05) is 76.5 Å². The van der Waals surface area contributed by atoms with Crippen molar-refractivity contribution in [1.82, 2.24) is 25.2 Å². The van der Waals surface area contributed by atoms with Gasteiger partial charge in [-0.1, -0.05) is 18.2 Å². The van der Waals surface area contributed by atoms with Gasteiger partial charge in [-0.25, -0.2) is 14.8 Å². The summed E-state index contributed by atoms with van der Waals surface area (Å²) in [5.74, 6) is 0.811. The fourth-order valence-corrected chi connectivity index (χ4v) is 5.06. The number of nitrogens with zero attached hydrogens (tertiary/aromatic N) is 5. The average Bonchev–Trinajstić information content (AvgIpc) is 3.34. The van der Waals surface area contributed by atoms with Crippen LogP contribution in [0.2, 0.25) is 0 Å². The van der Waals surface area contributed by atoms with Crippen LogP contribution in [0.15, 0.2) is 65.3 Å². The Hall–Kier alpha value is -3.63. The molecule has 192 valence electrons. The summed E-state index contributed by atoms with van der Waals surface area (Å²) in [5, 5.41) is 5.80. The molecular formula is C27H31BrN8O. The maximum atomic E-state index is 12.1. The first-order chi connectivity index (χ1) is 18.0. The molecule has 1 aliphatic heterocycles. The lowest BCUT2D eigenvalue weighted by Crippen LogP contribution is -2.48. The molecule has 10 heteroatoms. The quantitative estimate of drug-likeness (QED) is 0.309. The molecule has 0 bridgehead atoms. The topological polar surface area (TPSA) is 92.4 Å². The molecule has 3 N–H and O–H groups in total. The van der Waals surface area contributed by atoms with E-state index in [1.165, 1.54) is 0 Å². The van der Waals surface area contributed by atoms with Gasteiger partial charge in [-0.05, 0) is 52.3 Å². The van der Waals surface area contributed by atoms with Crippen molar-refractivity contribution in [2.45, 2.75) is 0 Å². The molecule has 0 saturated carbocycles. The number of hydrogen-bond donors (Lipinski definition) is 3. The number of nitrogens with one attached hydrogen (secondary N) is 3. The SMILES string of the molecule is CN(C)c1ccc(-c2nc3ncc(Br)c(N4CCN(CCNC(=O)Nc5ccccc5)CC4)c3[nH]2)cc1. The lowest BCUT2D eigenvalue weighted by Gasteiger charge is -2.36. The number of hydrogen-bond acceptors (Lipinski definition) is 6. The summed E-state index contributed by atoms with van der Waals surface area (Å²) in [6, 6.07) is 17.6. The van der Waals surface area contributed by atoms with E-state index in [4.69, 9.17) is 4.98 Å². The number of amides is 2. The van der Waals surface area contributed by atoms with Crippen molar-refractivity contribution in [2.24, 2.45) is 0 Å². The Labute approximate surface area is 225 Å². The second-order valence-electron chi connectivity index (χ2n) is 9.26. The first kappa shape index (κ1) is 25.0. The summed E-state index contributed by atoms with van der Waals surface area (Å²) in [6.45, 7) is 4.97. The van der Waals surface area contributed by atoms with Crippen LogP contribution >= 0.6 is 15.9 Å². The molecule has 9 nitrogen and oxygen atoms in total. The van der Waals surface area contributed by atoms with Gasteiger partial charge in [-0.3, -0.25) is 4.90 Å². The van der Waals surface area contributed by atoms with Crippen molar-refractivity contribution >= 4 is 50.2 Å². The van der Waals surface area contributed by atoms with E-state index in [9.17, 15) is 4.79 Å². The third kappa shape index (κ3) is 5.86. The summed E-state index contributed by atoms with van der Waals surface area (Å²) in [6.07, 6.45) is 1.83. The average molecular weight is 564 g/mol. The van der Waals surface area contributed by atoms with E-state index < -0.39 is 0 Å². The summed E-state index contributed by atoms with van der Waals surface area (Å²) in [7, 11) is 4.06. The summed E-state index contributed by atoms with van der Waals surface area (Å²) >= 11 is 3.72. The molecule has 4 aromatic rings. The molecule has 0 unspecified atom stereocenters. The number of aromatic nitrogens is 3. The van der Waals surface area contributed by atoms with Crippen molar-refractivity contribution in [3.8, 4) is 11.4 Å². The largest absolute Gasteiger partial charge is 0.378 e. The number of imidazole rings is 1. The van der Waals surface area contributed by atoms with Crippen LogP contribution in [0.1, 0.15) is 0 Å². The zero-order valence-corrected chi connectivity index (χ0v) is 22.6. The Bertz CT molecular complexity index is 1350. The van der Waals surface area contributed by atoms with Crippen LogP contribution in [0.4, 0.5) is 21.9 Å². The molecule has 37 heavy (non-hydrogen) atoms. The normalized spacial score (nSPS) is 14.1. The van der Waals surface area contributed by atoms with Crippen LogP contribution in [0.25, 0.3) is 22.6 Å². The highest BCUT2D eigenvalue weighted by atomic mass is 79.9. The van der Waals surface area contributed by atoms with Crippen LogP contribution in [0, 0.1) is 0 Å². The maximum Gasteiger partial charge on any atom is 0.319 e. The fourth-order valence-electron chi connectivity index (χ4n) is 4.50. The third-order valence-electron chi connectivity index (χ3n) is 6.54. The van der Waals surface area contributed by atoms with Gasteiger partial charge in [0.05, 0.1) is 10.2 Å². The van der Waals surface area contributed by atoms with Gasteiger partial charge in [-0.15, -0.1) is 0 Å². The summed E-state index contributed by atoms with van der Waals surface area (Å²) in [4.78, 5) is 31.8. The van der Waals surface area contributed by atoms with E-state index in [-0.39, 0.29) is 6.03 Å². The van der Waals surface area contributed by atoms with Gasteiger partial charge in [0.1, 0.15) is 11.3 Å². The van der Waals surface area contributed by atoms with E-state index in [1.54, 1.807) is 0 Å². The second kappa shape index (κ2) is 11.2. The van der Waals surface area contributed by atoms with Crippen molar-refractivity contribution < 1.29 is 4.79 Å². The maximum absolute atomic E-state index is 12.1. The molecule has 0 aliphatic carbocycles. The number of piperazine rings is 1. The minimum atomic E-state index is -0.181. The number of para-hydroxylation sites is 1. The molecule has 2 aromatic carbocycles. The monoisotopic (exact) mass is 562 g/mol. The van der Waals surface area contributed by atoms with Crippen molar-refractivity contribution in [3.63, 3.8) is 0 Å². The Kier molecular flexibility index (Phi) is 7.57. The number of pyridine rings is 1. The van der Waals surface area contributed by atoms with Gasteiger partial charge in [-0.2, -0.15) is 0 Å². The predicted molar refractivity (Wildman–Crippen MR) is 153 cm³/mol. The predicted octanol–water partition coefficient (Wildman–Crippen LogP) is 4.40. The Morgan fingerprint density at radius 2 is 1.78 bits per heavy atom. The number of benzene rings is 2. The fraction of sp³-hybridized carbons (Fsp3) is 0.296. The van der Waals surface area contributed by atoms with E-state index >= 15 is 0 Å². The van der Waals surface area contributed by atoms with Gasteiger partial charge >= 0.3 is 6.03 Å². The summed E-state index contributed by atoms with van der Waals surface area (Å²) in [5.41, 5.74) is 5.70. The van der Waals surface area contributed by atoms with Crippen LogP contribution < -0.4 is 20.4 Å². The van der Waals surface area contributed by atoms with Gasteiger partial charge in [0.15, 0.2) is 5.65 Å². The molecule has 3 heterocycles. The van der Waals surface area contributed by atoms with E-state index in [2.05, 4.69) is 75.5 Å². The van der Waals surface area contributed by atoms with Crippen LogP contribution in [0.3, 0.4) is 0 Å². The first-order valence-corrected chi connectivity index (χ1v) is 13.2. The molecule has 1 fully saturated rings. The number of anilines is 3. The molecule has 5 rings (SSSR count). The zero-order chi connectivity index (χ0) is 25.8. The zero-order valence-electron chi connectivity index (χ0n) is 21.0. The standard InChI is InChI=1S/C27H31BrN8O/c1-34(2)21-10-8-19(9-11-21)25-32-23-24(22(28)18-30-26(23)33-25)36-16-14-35(15-17-36)13-12-29-27(37)31-20-6-4-3-5-7-20/h3-11,18H,12-17H2,1-2H3,(H2,29,31,37)(H,30,32,33). The van der Waals surface area contributed by atoms with E-state index in [1.807, 2.05) is 50.6 Å². The highest BCUT2D eigenvalue weighted by Gasteiger charge is 2.23. The van der Waals surface area contributed by atoms with Crippen molar-refractivity contribution in [1.29, 1.82) is 0 Å². The summed E-state index contributed by atoms with van der Waals surface area (Å²) < 4.78 is 0.950. The van der Waals surface area contributed by atoms with Crippen LogP contribution in [-0.2, 0) is 0 Å². The Morgan fingerprint density at radius 3 is 2.49 bits per heavy atom. The second-order valence-corrected chi connectivity index (χ2v) is 10.1. The molecule has 1 aliphatic rings. The molecule has 1 saturated heterocycles. The third-order valence-corrected chi connectivity index (χ3v) is 7.12. The molecule has 0 spiro atoms. The minimum Gasteiger partial charge on any atom is -0.378 e. The van der Waals surface area contributed by atoms with Crippen molar-refractivity contribution in [2.75, 3.05) is 68.5 Å². The molecule has 0 radical (unpaired) electrons. The lowest BCUT2D eigenvalue weighted by molar-refractivity contribution is 0.240. The number of aromatic amines is 1. The van der Waals surface area contributed by atoms with E-state index in [0.717, 1.165) is 71.2 Å². The van der Waals surface area contributed by atoms with Crippen LogP contribution in [-0.4, -0.2) is 79.2 Å². The van der Waals surface area contributed by atoms with Gasteiger partial charge < -0.3 is 25.4 Å². The lowest BCUT2D eigenvalue weighted by atomic mass is 10.2. The van der Waals surface area contributed by atoms with Gasteiger partial charge in [0.2, 0.25) is 0 Å². The van der Waals surface area contributed by atoms with Crippen LogP contribution in [0.5, 0.6) is 0 Å². The molecule has 0 atom stereocenters. The number of urea groups is 1. The number of rotatable bonds is 7. The smallest absolute Gasteiger partial charge is 0.319 e. The first-order valence-electron chi connectivity index (χ1n) is 12.4. The van der Waals surface area contributed by atoms with Crippen molar-refractivity contribution in [3.05, 3.63) is 65.3 Å².